The molecule has 2 atom stereocenters. The molecule has 20 heteroatoms. The average molecular weight is 1060 g/mol. The minimum absolute atomic E-state index is 0.00144. The summed E-state index contributed by atoms with van der Waals surface area (Å²) in [4.78, 5) is 38.6. The Balaban J connectivity index is 0.582. The van der Waals surface area contributed by atoms with Gasteiger partial charge >= 0.3 is 0 Å². The van der Waals surface area contributed by atoms with Crippen LogP contribution in [-0.4, -0.2) is 158 Å². The number of nitrogens with one attached hydrogen (secondary N) is 1. The van der Waals surface area contributed by atoms with Crippen LogP contribution in [0.4, 0.5) is 17.5 Å². The van der Waals surface area contributed by atoms with Crippen molar-refractivity contribution in [2.75, 3.05) is 101 Å². The van der Waals surface area contributed by atoms with Gasteiger partial charge in [0.15, 0.2) is 11.3 Å². The van der Waals surface area contributed by atoms with E-state index in [4.69, 9.17) is 39.5 Å². The molecule has 8 heterocycles. The van der Waals surface area contributed by atoms with Crippen LogP contribution in [0, 0.1) is 0 Å². The molecule has 7 aromatic rings. The number of aliphatic hydroxyl groups is 1. The molecule has 78 heavy (non-hydrogen) atoms. The number of piperidine rings is 3. The Labute approximate surface area is 455 Å². The normalized spacial score (nSPS) is 17.6. The van der Waals surface area contributed by atoms with E-state index in [1.165, 1.54) is 12.7 Å². The summed E-state index contributed by atoms with van der Waals surface area (Å²) in [6, 6.07) is 23.6. The standard InChI is InChI=1S/C58H73N13O7/c1-2-43-39-64-71-50(36-51(65-57(43)71)69-26-7-6-10-45(69)23-29-72)60-37-42-15-20-52(61-38-42)77-35-33-75-31-30-74-32-34-76-47-21-27-67(28-22-47)24-9-14-53(73)68-25-8-11-46(40-68)70-58-54(56(59)62-41-63-58)55(66-70)44-16-18-49(19-17-44)78-48-12-4-3-5-13-48/h3-5,9,12-20,36,38-39,41,45-47,60,72H,2,6-8,10-11,21-35,37,40H2,1H3,(H2,59,62,63)/b14-9+/t45-,46+/m0/s1. The van der Waals surface area contributed by atoms with Gasteiger partial charge in [0.2, 0.25) is 11.8 Å². The molecule has 10 rings (SSSR count). The van der Waals surface area contributed by atoms with E-state index < -0.39 is 0 Å². The fourth-order valence-electron chi connectivity index (χ4n) is 10.6. The van der Waals surface area contributed by atoms with E-state index in [1.807, 2.05) is 99.3 Å². The molecule has 2 aromatic carbocycles. The summed E-state index contributed by atoms with van der Waals surface area (Å²) < 4.78 is 33.3. The molecule has 3 fully saturated rings. The molecule has 5 aromatic heterocycles. The van der Waals surface area contributed by atoms with E-state index in [2.05, 4.69) is 48.2 Å². The van der Waals surface area contributed by atoms with Crippen molar-refractivity contribution < 1.29 is 33.6 Å². The number of para-hydroxylation sites is 1. The summed E-state index contributed by atoms with van der Waals surface area (Å²) in [5, 5.41) is 23.7. The Hall–Kier alpha value is -7.23. The third-order valence-corrected chi connectivity index (χ3v) is 14.8. The maximum absolute atomic E-state index is 13.5. The minimum atomic E-state index is -0.0627. The van der Waals surface area contributed by atoms with Crippen LogP contribution in [0.1, 0.15) is 75.5 Å². The molecule has 1 amide bonds. The van der Waals surface area contributed by atoms with Gasteiger partial charge in [-0.1, -0.05) is 37.3 Å². The first kappa shape index (κ1) is 54.1. The first-order valence-corrected chi connectivity index (χ1v) is 27.7. The number of amides is 1. The van der Waals surface area contributed by atoms with Gasteiger partial charge in [-0.2, -0.15) is 14.7 Å². The maximum Gasteiger partial charge on any atom is 0.246 e. The van der Waals surface area contributed by atoms with Crippen molar-refractivity contribution in [3.63, 3.8) is 0 Å². The Bertz CT molecular complexity index is 3040. The van der Waals surface area contributed by atoms with Gasteiger partial charge in [-0.25, -0.2) is 24.6 Å². The van der Waals surface area contributed by atoms with Gasteiger partial charge in [-0.05, 0) is 99.7 Å². The zero-order chi connectivity index (χ0) is 53.5. The van der Waals surface area contributed by atoms with Gasteiger partial charge in [-0.3, -0.25) is 9.69 Å². The summed E-state index contributed by atoms with van der Waals surface area (Å²) in [5.74, 6) is 4.17. The quantitative estimate of drug-likeness (QED) is 0.0372. The van der Waals surface area contributed by atoms with Crippen molar-refractivity contribution in [2.24, 2.45) is 0 Å². The van der Waals surface area contributed by atoms with Gasteiger partial charge in [-0.15, -0.1) is 0 Å². The molecule has 0 unspecified atom stereocenters. The highest BCUT2D eigenvalue weighted by Crippen LogP contribution is 2.35. The summed E-state index contributed by atoms with van der Waals surface area (Å²) >= 11 is 0. The summed E-state index contributed by atoms with van der Waals surface area (Å²) in [5.41, 5.74) is 11.6. The number of rotatable bonds is 25. The molecular weight excluding hydrogens is 991 g/mol. The van der Waals surface area contributed by atoms with E-state index in [-0.39, 0.29) is 30.7 Å². The fraction of sp³-hybridized carbons (Fsp3) is 0.466. The number of benzene rings is 2. The number of anilines is 3. The summed E-state index contributed by atoms with van der Waals surface area (Å²) in [6.07, 6.45) is 17.6. The van der Waals surface area contributed by atoms with Crippen molar-refractivity contribution in [2.45, 2.75) is 89.4 Å². The Kier molecular flexibility index (Phi) is 18.7. The second-order valence-corrected chi connectivity index (χ2v) is 20.1. The fourth-order valence-corrected chi connectivity index (χ4v) is 10.6. The Morgan fingerprint density at radius 3 is 2.44 bits per heavy atom. The van der Waals surface area contributed by atoms with Crippen LogP contribution in [0.5, 0.6) is 17.4 Å². The summed E-state index contributed by atoms with van der Waals surface area (Å²) in [6.45, 7) is 10.3. The molecule has 3 aliphatic rings. The van der Waals surface area contributed by atoms with E-state index in [0.717, 1.165) is 111 Å². The van der Waals surface area contributed by atoms with Crippen molar-refractivity contribution in [3.8, 4) is 28.6 Å². The van der Waals surface area contributed by atoms with Crippen molar-refractivity contribution >= 4 is 40.0 Å². The lowest BCUT2D eigenvalue weighted by Gasteiger charge is -2.36. The number of likely N-dealkylation sites (tertiary alicyclic amines) is 2. The number of aliphatic hydroxyl groups excluding tert-OH is 1. The number of nitrogens with zero attached hydrogens (tertiary/aromatic N) is 11. The number of pyridine rings is 1. The van der Waals surface area contributed by atoms with Crippen LogP contribution in [0.25, 0.3) is 27.9 Å². The summed E-state index contributed by atoms with van der Waals surface area (Å²) in [7, 11) is 0. The lowest BCUT2D eigenvalue weighted by Crippen LogP contribution is -2.40. The third kappa shape index (κ3) is 13.7. The Morgan fingerprint density at radius 1 is 0.833 bits per heavy atom. The molecule has 3 saturated heterocycles. The SMILES string of the molecule is CCc1cnn2c(NCc3ccc(OCCOCCOCCOC4CCN(C/C=C/C(=O)N5CCC[C@@H](n6nc(-c7ccc(Oc8ccccc8)cc7)c7c(N)ncnc76)C5)CC4)nc3)cc(N3CCCC[C@H]3CCO)nc12. The van der Waals surface area contributed by atoms with Crippen LogP contribution < -0.4 is 25.4 Å². The van der Waals surface area contributed by atoms with Crippen LogP contribution in [0.3, 0.4) is 0 Å². The molecule has 0 bridgehead atoms. The molecule has 0 radical (unpaired) electrons. The number of aryl methyl sites for hydroxylation is 1. The second kappa shape index (κ2) is 26.9. The first-order valence-electron chi connectivity index (χ1n) is 27.7. The highest BCUT2D eigenvalue weighted by atomic mass is 16.6. The average Bonchev–Trinajstić information content (AvgIpc) is 4.23. The number of carbonyl (C=O) groups excluding carboxylic acids is 1. The first-order chi connectivity index (χ1) is 38.4. The molecule has 0 saturated carbocycles. The van der Waals surface area contributed by atoms with Gasteiger partial charge in [0, 0.05) is 94.0 Å². The lowest BCUT2D eigenvalue weighted by molar-refractivity contribution is -0.127. The molecule has 20 nitrogen and oxygen atoms in total. The van der Waals surface area contributed by atoms with Crippen LogP contribution >= 0.6 is 0 Å². The van der Waals surface area contributed by atoms with Gasteiger partial charge < -0.3 is 49.6 Å². The number of nitrogens with two attached hydrogens (primary N) is 1. The zero-order valence-corrected chi connectivity index (χ0v) is 44.7. The molecule has 0 spiro atoms. The lowest BCUT2D eigenvalue weighted by atomic mass is 9.99. The largest absolute Gasteiger partial charge is 0.475 e. The molecule has 412 valence electrons. The third-order valence-electron chi connectivity index (χ3n) is 14.8. The number of fused-ring (bicyclic) bond motifs is 2. The van der Waals surface area contributed by atoms with Crippen molar-refractivity contribution in [1.82, 2.24) is 49.1 Å². The highest BCUT2D eigenvalue weighted by Gasteiger charge is 2.29. The highest BCUT2D eigenvalue weighted by molar-refractivity contribution is 5.98. The van der Waals surface area contributed by atoms with Crippen LogP contribution in [0.2, 0.25) is 0 Å². The monoisotopic (exact) mass is 1060 g/mol. The van der Waals surface area contributed by atoms with Gasteiger partial charge in [0.25, 0.3) is 0 Å². The number of nitrogen functional groups attached to an aromatic ring is 1. The van der Waals surface area contributed by atoms with Gasteiger partial charge in [0.1, 0.15) is 47.6 Å². The van der Waals surface area contributed by atoms with Crippen LogP contribution in [-0.2, 0) is 32.0 Å². The second-order valence-electron chi connectivity index (χ2n) is 20.1. The number of hydrogen-bond acceptors (Lipinski definition) is 17. The maximum atomic E-state index is 13.5. The van der Waals surface area contributed by atoms with Gasteiger partial charge in [0.05, 0.1) is 56.8 Å². The van der Waals surface area contributed by atoms with E-state index in [1.54, 1.807) is 6.08 Å². The molecule has 0 aliphatic carbocycles. The number of aromatic nitrogens is 8. The van der Waals surface area contributed by atoms with E-state index in [9.17, 15) is 9.90 Å². The predicted octanol–water partition coefficient (Wildman–Crippen LogP) is 7.53. The minimum Gasteiger partial charge on any atom is -0.475 e. The molecule has 4 N–H and O–H groups in total. The van der Waals surface area contributed by atoms with E-state index in [0.29, 0.717) is 100.0 Å². The van der Waals surface area contributed by atoms with Crippen LogP contribution in [0.15, 0.2) is 104 Å². The number of carbonyl (C=O) groups is 1. The van der Waals surface area contributed by atoms with Crippen molar-refractivity contribution in [1.29, 1.82) is 0 Å². The molecule has 3 aliphatic heterocycles. The van der Waals surface area contributed by atoms with E-state index >= 15 is 0 Å². The number of hydrogen-bond donors (Lipinski definition) is 3. The predicted molar refractivity (Wildman–Crippen MR) is 299 cm³/mol. The van der Waals surface area contributed by atoms with Crippen molar-refractivity contribution in [3.05, 3.63) is 115 Å². The Morgan fingerprint density at radius 2 is 1.64 bits per heavy atom. The smallest absolute Gasteiger partial charge is 0.246 e. The molecular formula is C58H73N13O7. The number of ether oxygens (including phenoxy) is 5. The zero-order valence-electron chi connectivity index (χ0n) is 44.7. The topological polar surface area (TPSA) is 218 Å².